The molecule has 0 aliphatic heterocycles. The van der Waals surface area contributed by atoms with Crippen molar-refractivity contribution in [2.45, 2.75) is 19.8 Å². The largest absolute Gasteiger partial charge is 0.431 e. The van der Waals surface area contributed by atoms with Gasteiger partial charge in [0.2, 0.25) is 0 Å². The lowest BCUT2D eigenvalue weighted by Gasteiger charge is -2.25. The third-order valence-corrected chi connectivity index (χ3v) is 4.90. The van der Waals surface area contributed by atoms with Crippen LogP contribution >= 0.6 is 11.3 Å². The van der Waals surface area contributed by atoms with Crippen LogP contribution in [0.4, 0.5) is 28.9 Å². The fourth-order valence-corrected chi connectivity index (χ4v) is 3.37. The van der Waals surface area contributed by atoms with Gasteiger partial charge < -0.3 is 19.7 Å². The highest BCUT2D eigenvalue weighted by Crippen LogP contribution is 2.37. The van der Waals surface area contributed by atoms with Crippen molar-refractivity contribution < 1.29 is 31.8 Å². The van der Waals surface area contributed by atoms with E-state index >= 15 is 0 Å². The highest BCUT2D eigenvalue weighted by molar-refractivity contribution is 7.09. The number of aromatic nitrogens is 1. The van der Waals surface area contributed by atoms with E-state index in [1.807, 2.05) is 0 Å². The number of nitrogens with zero attached hydrogens (tertiary/aromatic N) is 2. The number of thiazole rings is 1. The molecule has 3 aromatic rings. The molecule has 1 heterocycles. The molecule has 0 aliphatic carbocycles. The number of nitrogens with one attached hydrogen (secondary N) is 1. The normalized spacial score (nSPS) is 10.9. The van der Waals surface area contributed by atoms with E-state index in [0.29, 0.717) is 23.5 Å². The number of alkyl halides is 4. The van der Waals surface area contributed by atoms with Gasteiger partial charge in [-0.2, -0.15) is 17.6 Å². The SMILES string of the molecule is CNC(=O)c1ccc(N(Cc2cncs2)c2ccc(OC(F)F)c(OC(F)F)c2)cc1. The predicted octanol–water partition coefficient (Wildman–Crippen LogP) is 5.04. The lowest BCUT2D eigenvalue weighted by atomic mass is 10.1. The monoisotopic (exact) mass is 455 g/mol. The van der Waals surface area contributed by atoms with Crippen molar-refractivity contribution in [2.75, 3.05) is 11.9 Å². The standard InChI is InChI=1S/C20H17F4N3O3S/c1-25-18(28)12-2-4-13(5-3-12)27(10-15-9-26-11-31-15)14-6-7-16(29-19(21)22)17(8-14)30-20(23)24/h2-9,11,19-20H,10H2,1H3,(H,25,28). The van der Waals surface area contributed by atoms with E-state index in [0.717, 1.165) is 10.9 Å². The maximum absolute atomic E-state index is 12.8. The minimum Gasteiger partial charge on any atom is -0.431 e. The summed E-state index contributed by atoms with van der Waals surface area (Å²) in [4.78, 5) is 18.4. The zero-order chi connectivity index (χ0) is 22.4. The molecule has 1 amide bonds. The minimum absolute atomic E-state index is 0.262. The first-order valence-electron chi connectivity index (χ1n) is 8.88. The number of anilines is 2. The molecular weight excluding hydrogens is 438 g/mol. The summed E-state index contributed by atoms with van der Waals surface area (Å²) >= 11 is 1.39. The summed E-state index contributed by atoms with van der Waals surface area (Å²) in [5.41, 5.74) is 3.10. The third-order valence-electron chi connectivity index (χ3n) is 4.14. The Kier molecular flexibility index (Phi) is 7.29. The molecule has 164 valence electrons. The Labute approximate surface area is 179 Å². The Morgan fingerprint density at radius 2 is 1.68 bits per heavy atom. The number of rotatable bonds is 9. The van der Waals surface area contributed by atoms with Gasteiger partial charge in [-0.25, -0.2) is 0 Å². The number of carbonyl (C=O) groups excluding carboxylic acids is 1. The van der Waals surface area contributed by atoms with Gasteiger partial charge in [-0.3, -0.25) is 9.78 Å². The van der Waals surface area contributed by atoms with Crippen LogP contribution in [-0.2, 0) is 6.54 Å². The maximum Gasteiger partial charge on any atom is 0.387 e. The topological polar surface area (TPSA) is 63.7 Å². The fourth-order valence-electron chi connectivity index (χ4n) is 2.79. The van der Waals surface area contributed by atoms with E-state index in [1.54, 1.807) is 40.9 Å². The molecule has 3 rings (SSSR count). The molecule has 0 radical (unpaired) electrons. The average molecular weight is 455 g/mol. The van der Waals surface area contributed by atoms with Crippen LogP contribution in [0.15, 0.2) is 54.2 Å². The first-order valence-corrected chi connectivity index (χ1v) is 9.76. The van der Waals surface area contributed by atoms with Crippen LogP contribution in [0, 0.1) is 0 Å². The molecule has 0 spiro atoms. The van der Waals surface area contributed by atoms with Crippen molar-refractivity contribution in [3.63, 3.8) is 0 Å². The smallest absolute Gasteiger partial charge is 0.387 e. The summed E-state index contributed by atoms with van der Waals surface area (Å²) in [7, 11) is 1.51. The number of amides is 1. The zero-order valence-corrected chi connectivity index (χ0v) is 16.9. The second-order valence-electron chi connectivity index (χ2n) is 6.07. The van der Waals surface area contributed by atoms with Crippen LogP contribution < -0.4 is 19.7 Å². The quantitative estimate of drug-likeness (QED) is 0.458. The molecule has 6 nitrogen and oxygen atoms in total. The maximum atomic E-state index is 12.8. The molecule has 0 saturated heterocycles. The van der Waals surface area contributed by atoms with Gasteiger partial charge in [0.25, 0.3) is 5.91 Å². The lowest BCUT2D eigenvalue weighted by Crippen LogP contribution is -2.19. The molecule has 0 fully saturated rings. The highest BCUT2D eigenvalue weighted by atomic mass is 32.1. The summed E-state index contributed by atoms with van der Waals surface area (Å²) in [6, 6.07) is 10.4. The van der Waals surface area contributed by atoms with Crippen LogP contribution in [0.1, 0.15) is 15.2 Å². The first-order chi connectivity index (χ1) is 14.9. The Morgan fingerprint density at radius 1 is 1.03 bits per heavy atom. The van der Waals surface area contributed by atoms with Crippen LogP contribution in [0.5, 0.6) is 11.5 Å². The number of halogens is 4. The average Bonchev–Trinajstić information content (AvgIpc) is 3.25. The van der Waals surface area contributed by atoms with Gasteiger partial charge >= 0.3 is 13.2 Å². The second kappa shape index (κ2) is 10.1. The fraction of sp³-hybridized carbons (Fsp3) is 0.200. The summed E-state index contributed by atoms with van der Waals surface area (Å²) in [6.07, 6.45) is 1.65. The molecule has 0 unspecified atom stereocenters. The van der Waals surface area contributed by atoms with E-state index in [2.05, 4.69) is 19.8 Å². The Hall–Kier alpha value is -3.34. The van der Waals surface area contributed by atoms with Crippen LogP contribution in [0.2, 0.25) is 0 Å². The van der Waals surface area contributed by atoms with Gasteiger partial charge in [-0.1, -0.05) is 0 Å². The minimum atomic E-state index is -3.22. The molecular formula is C20H17F4N3O3S. The van der Waals surface area contributed by atoms with Crippen molar-refractivity contribution in [1.29, 1.82) is 0 Å². The van der Waals surface area contributed by atoms with Crippen LogP contribution in [-0.4, -0.2) is 31.2 Å². The van der Waals surface area contributed by atoms with Crippen molar-refractivity contribution >= 4 is 28.6 Å². The van der Waals surface area contributed by atoms with Crippen molar-refractivity contribution in [3.8, 4) is 11.5 Å². The Morgan fingerprint density at radius 3 is 2.26 bits per heavy atom. The molecule has 0 aliphatic rings. The second-order valence-corrected chi connectivity index (χ2v) is 7.04. The van der Waals surface area contributed by atoms with Gasteiger partial charge in [0.15, 0.2) is 11.5 Å². The van der Waals surface area contributed by atoms with E-state index in [4.69, 9.17) is 0 Å². The molecule has 1 aromatic heterocycles. The van der Waals surface area contributed by atoms with E-state index < -0.39 is 24.7 Å². The van der Waals surface area contributed by atoms with Gasteiger partial charge in [0.1, 0.15) is 0 Å². The highest BCUT2D eigenvalue weighted by Gasteiger charge is 2.19. The number of hydrogen-bond donors (Lipinski definition) is 1. The van der Waals surface area contributed by atoms with Gasteiger partial charge in [0.05, 0.1) is 12.1 Å². The number of carbonyl (C=O) groups is 1. The van der Waals surface area contributed by atoms with E-state index in [-0.39, 0.29) is 5.91 Å². The molecule has 1 N–H and O–H groups in total. The summed E-state index contributed by atoms with van der Waals surface area (Å²) in [5, 5.41) is 2.52. The summed E-state index contributed by atoms with van der Waals surface area (Å²) < 4.78 is 59.6. The Balaban J connectivity index is 2.01. The molecule has 0 bridgehead atoms. The van der Waals surface area contributed by atoms with E-state index in [1.165, 1.54) is 30.5 Å². The van der Waals surface area contributed by atoms with Crippen molar-refractivity contribution in [3.05, 3.63) is 64.6 Å². The summed E-state index contributed by atoms with van der Waals surface area (Å²) in [6.45, 7) is -6.11. The molecule has 31 heavy (non-hydrogen) atoms. The lowest BCUT2D eigenvalue weighted by molar-refractivity contribution is -0.0692. The van der Waals surface area contributed by atoms with Crippen LogP contribution in [0.3, 0.4) is 0 Å². The summed E-state index contributed by atoms with van der Waals surface area (Å²) in [5.74, 6) is -1.29. The molecule has 0 saturated carbocycles. The molecule has 11 heteroatoms. The van der Waals surface area contributed by atoms with Crippen molar-refractivity contribution in [1.82, 2.24) is 10.3 Å². The molecule has 0 atom stereocenters. The van der Waals surface area contributed by atoms with Gasteiger partial charge in [0, 0.05) is 41.1 Å². The van der Waals surface area contributed by atoms with Crippen molar-refractivity contribution in [2.24, 2.45) is 0 Å². The predicted molar refractivity (Wildman–Crippen MR) is 107 cm³/mol. The van der Waals surface area contributed by atoms with Crippen LogP contribution in [0.25, 0.3) is 0 Å². The van der Waals surface area contributed by atoms with Gasteiger partial charge in [-0.05, 0) is 36.4 Å². The first kappa shape index (κ1) is 22.3. The third kappa shape index (κ3) is 5.85. The number of ether oxygens (including phenoxy) is 2. The number of hydrogen-bond acceptors (Lipinski definition) is 6. The van der Waals surface area contributed by atoms with E-state index in [9.17, 15) is 22.4 Å². The van der Waals surface area contributed by atoms with Gasteiger partial charge in [-0.15, -0.1) is 11.3 Å². The zero-order valence-electron chi connectivity index (χ0n) is 16.1. The molecule has 2 aromatic carbocycles. The number of benzene rings is 2. The Bertz CT molecular complexity index is 1000.